The number of rotatable bonds is 1. The lowest BCUT2D eigenvalue weighted by atomic mass is 10.3. The number of hydrogen-bond acceptors (Lipinski definition) is 3. The highest BCUT2D eigenvalue weighted by molar-refractivity contribution is 6.31. The maximum absolute atomic E-state index is 13.4. The van der Waals surface area contributed by atoms with Crippen molar-refractivity contribution in [1.29, 1.82) is 0 Å². The molecule has 0 bridgehead atoms. The summed E-state index contributed by atoms with van der Waals surface area (Å²) in [5.74, 6) is -0.546. The molecule has 0 radical (unpaired) electrons. The second-order valence-electron chi connectivity index (χ2n) is 2.92. The Balaban J connectivity index is 2.81. The van der Waals surface area contributed by atoms with E-state index in [9.17, 15) is 4.39 Å². The number of benzene rings is 1. The summed E-state index contributed by atoms with van der Waals surface area (Å²) in [5.41, 5.74) is 6.28. The number of halogens is 3. The summed E-state index contributed by atoms with van der Waals surface area (Å²) in [6, 6.07) is 2.68. The van der Waals surface area contributed by atoms with Crippen LogP contribution in [0.15, 0.2) is 12.1 Å². The minimum atomic E-state index is -0.546. The fraction of sp³-hybridized carbons (Fsp3) is 0.111. The van der Waals surface area contributed by atoms with Crippen molar-refractivity contribution in [2.45, 2.75) is 6.54 Å². The van der Waals surface area contributed by atoms with E-state index in [1.54, 1.807) is 0 Å². The zero-order chi connectivity index (χ0) is 11.0. The van der Waals surface area contributed by atoms with E-state index in [1.807, 2.05) is 0 Å². The van der Waals surface area contributed by atoms with Crippen LogP contribution in [-0.2, 0) is 6.54 Å². The first-order valence-electron chi connectivity index (χ1n) is 4.13. The molecule has 0 unspecified atom stereocenters. The lowest BCUT2D eigenvalue weighted by Crippen LogP contribution is -2.03. The van der Waals surface area contributed by atoms with E-state index in [0.29, 0.717) is 11.2 Å². The summed E-state index contributed by atoms with van der Waals surface area (Å²) in [7, 11) is 0. The Hall–Kier alpha value is -0.970. The largest absolute Gasteiger partial charge is 0.325 e. The summed E-state index contributed by atoms with van der Waals surface area (Å²) in [5, 5.41) is 0.380. The van der Waals surface area contributed by atoms with Gasteiger partial charge in [-0.25, -0.2) is 14.4 Å². The molecule has 1 aromatic carbocycles. The normalized spacial score (nSPS) is 10.9. The fourth-order valence-electron chi connectivity index (χ4n) is 1.23. The van der Waals surface area contributed by atoms with Gasteiger partial charge >= 0.3 is 0 Å². The van der Waals surface area contributed by atoms with Crippen LogP contribution in [0.25, 0.3) is 11.0 Å². The minimum Gasteiger partial charge on any atom is -0.325 e. The summed E-state index contributed by atoms with van der Waals surface area (Å²) in [6.45, 7) is 0.149. The maximum atomic E-state index is 13.4. The Bertz CT molecular complexity index is 530. The summed E-state index contributed by atoms with van der Waals surface area (Å²) in [6.07, 6.45) is 0. The number of aromatic nitrogens is 2. The first-order chi connectivity index (χ1) is 7.11. The molecule has 78 valence electrons. The van der Waals surface area contributed by atoms with Gasteiger partial charge in [-0.2, -0.15) is 0 Å². The predicted octanol–water partition coefficient (Wildman–Crippen LogP) is 2.53. The standard InChI is InChI=1S/C9H6Cl2FN3/c10-4-1-5(12)8-6(2-4)14-7(3-13)9(11)15-8/h1-2H,3,13H2. The van der Waals surface area contributed by atoms with Gasteiger partial charge in [-0.3, -0.25) is 0 Å². The van der Waals surface area contributed by atoms with Gasteiger partial charge in [-0.1, -0.05) is 23.2 Å². The molecule has 2 aromatic rings. The number of hydrogen-bond donors (Lipinski definition) is 1. The molecule has 0 saturated heterocycles. The molecule has 1 heterocycles. The third kappa shape index (κ3) is 1.88. The molecule has 6 heteroatoms. The average Bonchev–Trinajstić information content (AvgIpc) is 2.18. The van der Waals surface area contributed by atoms with Gasteiger partial charge in [0.05, 0.1) is 11.2 Å². The van der Waals surface area contributed by atoms with Gasteiger partial charge in [0.1, 0.15) is 5.52 Å². The third-order valence-corrected chi connectivity index (χ3v) is 2.43. The smallest absolute Gasteiger partial charge is 0.152 e. The van der Waals surface area contributed by atoms with E-state index >= 15 is 0 Å². The van der Waals surface area contributed by atoms with Crippen LogP contribution in [0.1, 0.15) is 5.69 Å². The topological polar surface area (TPSA) is 51.8 Å². The zero-order valence-corrected chi connectivity index (χ0v) is 8.98. The Morgan fingerprint density at radius 1 is 1.27 bits per heavy atom. The van der Waals surface area contributed by atoms with Crippen molar-refractivity contribution in [3.63, 3.8) is 0 Å². The Morgan fingerprint density at radius 2 is 2.00 bits per heavy atom. The Morgan fingerprint density at radius 3 is 2.67 bits per heavy atom. The molecule has 0 aliphatic rings. The molecule has 0 fully saturated rings. The molecule has 3 nitrogen and oxygen atoms in total. The lowest BCUT2D eigenvalue weighted by molar-refractivity contribution is 0.636. The van der Waals surface area contributed by atoms with Crippen LogP contribution in [0.5, 0.6) is 0 Å². The van der Waals surface area contributed by atoms with Crippen molar-refractivity contribution in [2.24, 2.45) is 5.73 Å². The molecular formula is C9H6Cl2FN3. The van der Waals surface area contributed by atoms with Crippen LogP contribution in [0.3, 0.4) is 0 Å². The summed E-state index contributed by atoms with van der Waals surface area (Å²) < 4.78 is 13.4. The van der Waals surface area contributed by atoms with Gasteiger partial charge in [-0.05, 0) is 12.1 Å². The van der Waals surface area contributed by atoms with Crippen LogP contribution < -0.4 is 5.73 Å². The van der Waals surface area contributed by atoms with E-state index in [2.05, 4.69) is 9.97 Å². The van der Waals surface area contributed by atoms with Crippen molar-refractivity contribution >= 4 is 34.2 Å². The first kappa shape index (κ1) is 10.5. The van der Waals surface area contributed by atoms with Gasteiger partial charge < -0.3 is 5.73 Å². The van der Waals surface area contributed by atoms with Crippen LogP contribution >= 0.6 is 23.2 Å². The highest BCUT2D eigenvalue weighted by Gasteiger charge is 2.10. The highest BCUT2D eigenvalue weighted by atomic mass is 35.5. The van der Waals surface area contributed by atoms with E-state index < -0.39 is 5.82 Å². The quantitative estimate of drug-likeness (QED) is 0.841. The molecule has 0 amide bonds. The molecule has 15 heavy (non-hydrogen) atoms. The average molecular weight is 246 g/mol. The van der Waals surface area contributed by atoms with Crippen molar-refractivity contribution in [3.05, 3.63) is 33.8 Å². The number of nitrogens with zero attached hydrogens (tertiary/aromatic N) is 2. The first-order valence-corrected chi connectivity index (χ1v) is 4.88. The van der Waals surface area contributed by atoms with Crippen LogP contribution in [-0.4, -0.2) is 9.97 Å². The summed E-state index contributed by atoms with van der Waals surface area (Å²) in [4.78, 5) is 7.95. The molecular weight excluding hydrogens is 240 g/mol. The lowest BCUT2D eigenvalue weighted by Gasteiger charge is -2.03. The molecule has 1 aromatic heterocycles. The molecule has 2 rings (SSSR count). The van der Waals surface area contributed by atoms with Crippen LogP contribution in [0, 0.1) is 5.82 Å². The molecule has 0 atom stereocenters. The second-order valence-corrected chi connectivity index (χ2v) is 3.72. The molecule has 0 saturated carbocycles. The van der Waals surface area contributed by atoms with E-state index in [4.69, 9.17) is 28.9 Å². The minimum absolute atomic E-state index is 0.0987. The molecule has 0 aliphatic heterocycles. The molecule has 0 aliphatic carbocycles. The monoisotopic (exact) mass is 245 g/mol. The highest BCUT2D eigenvalue weighted by Crippen LogP contribution is 2.22. The van der Waals surface area contributed by atoms with E-state index in [0.717, 1.165) is 6.07 Å². The third-order valence-electron chi connectivity index (χ3n) is 1.90. The molecule has 2 N–H and O–H groups in total. The van der Waals surface area contributed by atoms with Gasteiger partial charge in [0.2, 0.25) is 0 Å². The van der Waals surface area contributed by atoms with Crippen molar-refractivity contribution in [2.75, 3.05) is 0 Å². The zero-order valence-electron chi connectivity index (χ0n) is 7.47. The Labute approximate surface area is 95.0 Å². The van der Waals surface area contributed by atoms with Crippen LogP contribution in [0.4, 0.5) is 4.39 Å². The van der Waals surface area contributed by atoms with Gasteiger partial charge in [-0.15, -0.1) is 0 Å². The summed E-state index contributed by atoms with van der Waals surface area (Å²) >= 11 is 11.4. The Kier molecular flexibility index (Phi) is 2.73. The van der Waals surface area contributed by atoms with Crippen molar-refractivity contribution in [1.82, 2.24) is 9.97 Å². The number of fused-ring (bicyclic) bond motifs is 1. The second kappa shape index (κ2) is 3.89. The van der Waals surface area contributed by atoms with Gasteiger partial charge in [0.15, 0.2) is 11.0 Å². The van der Waals surface area contributed by atoms with E-state index in [1.165, 1.54) is 6.07 Å². The maximum Gasteiger partial charge on any atom is 0.152 e. The van der Waals surface area contributed by atoms with Crippen molar-refractivity contribution in [3.8, 4) is 0 Å². The predicted molar refractivity (Wildman–Crippen MR) is 57.4 cm³/mol. The van der Waals surface area contributed by atoms with E-state index in [-0.39, 0.29) is 22.2 Å². The fourth-order valence-corrected chi connectivity index (χ4v) is 1.64. The SMILES string of the molecule is NCc1nc2cc(Cl)cc(F)c2nc1Cl. The van der Waals surface area contributed by atoms with Gasteiger partial charge in [0, 0.05) is 11.6 Å². The van der Waals surface area contributed by atoms with Crippen LogP contribution in [0.2, 0.25) is 10.2 Å². The van der Waals surface area contributed by atoms with Gasteiger partial charge in [0.25, 0.3) is 0 Å². The van der Waals surface area contributed by atoms with Crippen molar-refractivity contribution < 1.29 is 4.39 Å². The number of nitrogens with two attached hydrogens (primary N) is 1. The molecule has 0 spiro atoms.